The molecule has 1 saturated heterocycles. The summed E-state index contributed by atoms with van der Waals surface area (Å²) in [5.74, 6) is 0.602. The lowest BCUT2D eigenvalue weighted by atomic mass is 10.3. The van der Waals surface area contributed by atoms with Crippen LogP contribution in [0.1, 0.15) is 5.69 Å². The van der Waals surface area contributed by atoms with Crippen molar-refractivity contribution in [1.29, 1.82) is 0 Å². The first-order valence-corrected chi connectivity index (χ1v) is 10.4. The molecule has 9 nitrogen and oxygen atoms in total. The summed E-state index contributed by atoms with van der Waals surface area (Å²) in [7, 11) is -5.40. The van der Waals surface area contributed by atoms with Crippen molar-refractivity contribution in [2.24, 2.45) is 0 Å². The molecular formula is C13H16F3N5O4S2. The largest absolute Gasteiger partial charge is 0.511 e. The van der Waals surface area contributed by atoms with E-state index in [1.165, 1.54) is 16.3 Å². The van der Waals surface area contributed by atoms with Gasteiger partial charge in [-0.2, -0.15) is 27.0 Å². The van der Waals surface area contributed by atoms with Gasteiger partial charge in [0.1, 0.15) is 12.7 Å². The number of ether oxygens (including phenoxy) is 2. The van der Waals surface area contributed by atoms with Crippen LogP contribution in [0.25, 0.3) is 5.78 Å². The Bertz CT molecular complexity index is 934. The highest BCUT2D eigenvalue weighted by Crippen LogP contribution is 2.28. The van der Waals surface area contributed by atoms with Crippen LogP contribution in [0.4, 0.5) is 13.2 Å². The summed E-state index contributed by atoms with van der Waals surface area (Å²) in [6, 6.07) is 1.60. The Morgan fingerprint density at radius 3 is 2.81 bits per heavy atom. The van der Waals surface area contributed by atoms with Gasteiger partial charge in [0, 0.05) is 24.8 Å². The highest BCUT2D eigenvalue weighted by molar-refractivity contribution is 7.98. The van der Waals surface area contributed by atoms with Gasteiger partial charge in [-0.15, -0.1) is 5.10 Å². The average Bonchev–Trinajstić information content (AvgIpc) is 3.02. The van der Waals surface area contributed by atoms with E-state index >= 15 is 0 Å². The zero-order chi connectivity index (χ0) is 19.8. The van der Waals surface area contributed by atoms with Crippen molar-refractivity contribution in [3.63, 3.8) is 0 Å². The van der Waals surface area contributed by atoms with Crippen molar-refractivity contribution in [2.45, 2.75) is 23.7 Å². The van der Waals surface area contributed by atoms with Gasteiger partial charge in [-0.25, -0.2) is 13.4 Å². The average molecular weight is 427 g/mol. The first kappa shape index (κ1) is 20.1. The highest BCUT2D eigenvalue weighted by Gasteiger charge is 2.51. The summed E-state index contributed by atoms with van der Waals surface area (Å²) in [4.78, 5) is 8.42. The zero-order valence-electron chi connectivity index (χ0n) is 14.3. The molecule has 0 amide bonds. The molecule has 2 aromatic heterocycles. The van der Waals surface area contributed by atoms with Crippen LogP contribution >= 0.6 is 11.8 Å². The number of sulfonamides is 1. The van der Waals surface area contributed by atoms with Gasteiger partial charge >= 0.3 is 15.5 Å². The van der Waals surface area contributed by atoms with Gasteiger partial charge in [0.25, 0.3) is 5.78 Å². The molecule has 1 aliphatic rings. The Hall–Kier alpha value is -1.64. The van der Waals surface area contributed by atoms with Gasteiger partial charge < -0.3 is 9.47 Å². The summed E-state index contributed by atoms with van der Waals surface area (Å²) in [6.07, 6.45) is 0.941. The van der Waals surface area contributed by atoms with Crippen molar-refractivity contribution in [2.75, 3.05) is 32.6 Å². The molecule has 1 fully saturated rings. The van der Waals surface area contributed by atoms with Gasteiger partial charge in [0.15, 0.2) is 0 Å². The number of hydrogen-bond acceptors (Lipinski definition) is 8. The highest BCUT2D eigenvalue weighted by atomic mass is 32.2. The van der Waals surface area contributed by atoms with E-state index in [0.717, 1.165) is 0 Å². The van der Waals surface area contributed by atoms with Gasteiger partial charge in [0.05, 0.1) is 6.61 Å². The van der Waals surface area contributed by atoms with E-state index in [0.29, 0.717) is 20.9 Å². The molecule has 0 radical (unpaired) electrons. The molecule has 1 unspecified atom stereocenters. The van der Waals surface area contributed by atoms with Crippen molar-refractivity contribution in [1.82, 2.24) is 23.9 Å². The second kappa shape index (κ2) is 7.41. The molecule has 27 heavy (non-hydrogen) atoms. The zero-order valence-corrected chi connectivity index (χ0v) is 15.9. The quantitative estimate of drug-likeness (QED) is 0.654. The molecule has 0 spiro atoms. The second-order valence-electron chi connectivity index (χ2n) is 5.66. The number of aryl methyl sites for hydroxylation is 1. The number of aromatic nitrogens is 4. The van der Waals surface area contributed by atoms with Gasteiger partial charge in [-0.3, -0.25) is 0 Å². The van der Waals surface area contributed by atoms with E-state index in [1.807, 2.05) is 0 Å². The fourth-order valence-corrected chi connectivity index (χ4v) is 3.77. The summed E-state index contributed by atoms with van der Waals surface area (Å²) >= 11 is 1.32. The van der Waals surface area contributed by atoms with Crippen molar-refractivity contribution >= 4 is 27.6 Å². The summed E-state index contributed by atoms with van der Waals surface area (Å²) in [5.41, 5.74) is -4.73. The maximum atomic E-state index is 12.7. The molecule has 150 valence electrons. The summed E-state index contributed by atoms with van der Waals surface area (Å²) in [5, 5.41) is 4.69. The lowest BCUT2D eigenvalue weighted by Gasteiger charge is -2.32. The second-order valence-corrected chi connectivity index (χ2v) is 8.36. The van der Waals surface area contributed by atoms with Crippen LogP contribution in [-0.4, -0.2) is 76.5 Å². The Kier molecular flexibility index (Phi) is 5.52. The number of alkyl halides is 3. The first-order valence-electron chi connectivity index (χ1n) is 7.71. The molecule has 0 aromatic carbocycles. The molecule has 1 aliphatic heterocycles. The van der Waals surface area contributed by atoms with Crippen LogP contribution in [0, 0.1) is 6.92 Å². The molecule has 0 bridgehead atoms. The van der Waals surface area contributed by atoms with E-state index in [4.69, 9.17) is 9.47 Å². The molecule has 2 aromatic rings. The van der Waals surface area contributed by atoms with Crippen molar-refractivity contribution < 1.29 is 31.1 Å². The summed E-state index contributed by atoms with van der Waals surface area (Å²) < 4.78 is 74.0. The van der Waals surface area contributed by atoms with Crippen LogP contribution in [-0.2, 0) is 14.8 Å². The number of fused-ring (bicyclic) bond motifs is 1. The third-order valence-electron chi connectivity index (χ3n) is 3.72. The van der Waals surface area contributed by atoms with E-state index in [-0.39, 0.29) is 25.6 Å². The van der Waals surface area contributed by atoms with E-state index in [2.05, 4.69) is 15.1 Å². The van der Waals surface area contributed by atoms with Gasteiger partial charge in [-0.05, 0) is 13.2 Å². The number of nitrogens with zero attached hydrogens (tertiary/aromatic N) is 5. The van der Waals surface area contributed by atoms with Gasteiger partial charge in [0.2, 0.25) is 11.0 Å². The SMILES string of the molecule is CSc1nc2nc(C)cc(OCC3CN(S(=O)(=O)C(F)(F)F)CCO3)n2n1. The van der Waals surface area contributed by atoms with Crippen LogP contribution < -0.4 is 4.74 Å². The number of morpholine rings is 1. The number of thioether (sulfide) groups is 1. The molecule has 3 heterocycles. The topological polar surface area (TPSA) is 98.9 Å². The standard InChI is InChI=1S/C13H16F3N5O4S2/c1-8-5-10(21-11(17-8)18-12(19-21)26-2)25-7-9-6-20(3-4-24-9)27(22,23)13(14,15)16/h5,9H,3-4,6-7H2,1-2H3. The maximum absolute atomic E-state index is 12.7. The van der Waals surface area contributed by atoms with E-state index in [9.17, 15) is 21.6 Å². The predicted molar refractivity (Wildman–Crippen MR) is 89.1 cm³/mol. The Labute approximate surface area is 156 Å². The summed E-state index contributed by atoms with van der Waals surface area (Å²) in [6.45, 7) is 0.597. The minimum absolute atomic E-state index is 0.156. The third-order valence-corrected chi connectivity index (χ3v) is 5.86. The Morgan fingerprint density at radius 2 is 2.15 bits per heavy atom. The smallest absolute Gasteiger partial charge is 0.475 e. The molecule has 1 atom stereocenters. The minimum Gasteiger partial charge on any atom is -0.475 e. The molecule has 0 N–H and O–H groups in total. The molecule has 3 rings (SSSR count). The molecule has 0 aliphatic carbocycles. The fraction of sp³-hybridized carbons (Fsp3) is 0.615. The minimum atomic E-state index is -5.40. The van der Waals surface area contributed by atoms with E-state index in [1.54, 1.807) is 19.2 Å². The van der Waals surface area contributed by atoms with Crippen LogP contribution in [0.3, 0.4) is 0 Å². The van der Waals surface area contributed by atoms with Gasteiger partial charge in [-0.1, -0.05) is 11.8 Å². The van der Waals surface area contributed by atoms with Crippen molar-refractivity contribution in [3.05, 3.63) is 11.8 Å². The fourth-order valence-electron chi connectivity index (χ4n) is 2.46. The molecule has 14 heteroatoms. The van der Waals surface area contributed by atoms with Crippen LogP contribution in [0.5, 0.6) is 5.88 Å². The Morgan fingerprint density at radius 1 is 1.41 bits per heavy atom. The monoisotopic (exact) mass is 427 g/mol. The van der Waals surface area contributed by atoms with E-state index < -0.39 is 28.2 Å². The normalized spacial score (nSPS) is 19.5. The maximum Gasteiger partial charge on any atom is 0.511 e. The lowest BCUT2D eigenvalue weighted by molar-refractivity contribution is -0.0611. The lowest BCUT2D eigenvalue weighted by Crippen LogP contribution is -2.51. The number of hydrogen-bond donors (Lipinski definition) is 0. The first-order chi connectivity index (χ1) is 12.6. The van der Waals surface area contributed by atoms with Crippen LogP contribution in [0.2, 0.25) is 0 Å². The van der Waals surface area contributed by atoms with Crippen molar-refractivity contribution in [3.8, 4) is 5.88 Å². The Balaban J connectivity index is 1.73. The number of halogens is 3. The third kappa shape index (κ3) is 4.12. The molecule has 0 saturated carbocycles. The molecular weight excluding hydrogens is 411 g/mol. The predicted octanol–water partition coefficient (Wildman–Crippen LogP) is 1.08. The van der Waals surface area contributed by atoms with Crippen LogP contribution in [0.15, 0.2) is 11.2 Å². The number of rotatable bonds is 5.